The van der Waals surface area contributed by atoms with Gasteiger partial charge in [0, 0.05) is 6.61 Å². The summed E-state index contributed by atoms with van der Waals surface area (Å²) in [6.07, 6.45) is 5.95. The Morgan fingerprint density at radius 3 is 2.46 bits per heavy atom. The fraction of sp³-hybridized carbons (Fsp3) is 0.900. The third-order valence-electron chi connectivity index (χ3n) is 2.71. The molecule has 0 atom stereocenters. The van der Waals surface area contributed by atoms with E-state index in [2.05, 4.69) is 0 Å². The second-order valence-corrected chi connectivity index (χ2v) is 3.82. The number of carbonyl (C=O) groups excluding carboxylic acids is 1. The summed E-state index contributed by atoms with van der Waals surface area (Å²) in [6.45, 7) is 2.64. The van der Waals surface area contributed by atoms with Crippen molar-refractivity contribution in [1.82, 2.24) is 0 Å². The minimum Gasteiger partial charge on any atom is -0.375 e. The first-order chi connectivity index (χ1) is 6.18. The van der Waals surface area contributed by atoms with Gasteiger partial charge in [0.15, 0.2) is 0 Å². The second kappa shape index (κ2) is 4.61. The van der Waals surface area contributed by atoms with E-state index in [1.54, 1.807) is 0 Å². The summed E-state index contributed by atoms with van der Waals surface area (Å²) in [7, 11) is 0. The molecule has 0 aromatic rings. The fourth-order valence-electron chi connectivity index (χ4n) is 2.19. The number of carbonyl (C=O) groups is 1. The van der Waals surface area contributed by atoms with Crippen LogP contribution in [0.15, 0.2) is 0 Å². The normalized spacial score (nSPS) is 21.3. The van der Waals surface area contributed by atoms with Crippen LogP contribution in [-0.2, 0) is 9.53 Å². The van der Waals surface area contributed by atoms with Gasteiger partial charge in [-0.25, -0.2) is 0 Å². The topological polar surface area (TPSA) is 52.3 Å². The van der Waals surface area contributed by atoms with Gasteiger partial charge < -0.3 is 10.5 Å². The minimum atomic E-state index is -0.240. The van der Waals surface area contributed by atoms with Gasteiger partial charge in [-0.1, -0.05) is 19.3 Å². The molecule has 0 radical (unpaired) electrons. The van der Waals surface area contributed by atoms with Crippen LogP contribution >= 0.6 is 0 Å². The highest BCUT2D eigenvalue weighted by molar-refractivity contribution is 5.75. The molecule has 13 heavy (non-hydrogen) atoms. The van der Waals surface area contributed by atoms with E-state index in [-0.39, 0.29) is 11.5 Å². The molecule has 1 rings (SSSR count). The quantitative estimate of drug-likeness (QED) is 0.723. The van der Waals surface area contributed by atoms with E-state index in [4.69, 9.17) is 10.5 Å². The van der Waals surface area contributed by atoms with Crippen LogP contribution in [-0.4, -0.2) is 18.1 Å². The number of hydrogen-bond donors (Lipinski definition) is 1. The van der Waals surface area contributed by atoms with Crippen LogP contribution in [0.5, 0.6) is 0 Å². The van der Waals surface area contributed by atoms with Gasteiger partial charge in [-0.15, -0.1) is 0 Å². The summed E-state index contributed by atoms with van der Waals surface area (Å²) in [4.78, 5) is 10.9. The van der Waals surface area contributed by atoms with Crippen molar-refractivity contribution in [2.45, 2.75) is 51.0 Å². The second-order valence-electron chi connectivity index (χ2n) is 3.82. The number of rotatable bonds is 4. The van der Waals surface area contributed by atoms with Crippen molar-refractivity contribution >= 4 is 5.91 Å². The SMILES string of the molecule is CCOC1(CC(N)=O)CCCCC1. The Hall–Kier alpha value is -0.570. The predicted octanol–water partition coefficient (Wildman–Crippen LogP) is 1.60. The van der Waals surface area contributed by atoms with Crippen LogP contribution < -0.4 is 5.73 Å². The minimum absolute atomic E-state index is 0.223. The third-order valence-corrected chi connectivity index (χ3v) is 2.71. The summed E-state index contributed by atoms with van der Waals surface area (Å²) in [6, 6.07) is 0. The monoisotopic (exact) mass is 185 g/mol. The Bertz CT molecular complexity index is 168. The van der Waals surface area contributed by atoms with Gasteiger partial charge >= 0.3 is 0 Å². The molecule has 0 aromatic carbocycles. The van der Waals surface area contributed by atoms with Crippen LogP contribution in [0.25, 0.3) is 0 Å². The molecular weight excluding hydrogens is 166 g/mol. The molecule has 0 saturated heterocycles. The Morgan fingerprint density at radius 2 is 2.00 bits per heavy atom. The van der Waals surface area contributed by atoms with E-state index in [1.165, 1.54) is 6.42 Å². The van der Waals surface area contributed by atoms with Gasteiger partial charge in [0.05, 0.1) is 12.0 Å². The molecule has 1 fully saturated rings. The zero-order valence-electron chi connectivity index (χ0n) is 8.34. The Morgan fingerprint density at radius 1 is 1.38 bits per heavy atom. The largest absolute Gasteiger partial charge is 0.375 e. The van der Waals surface area contributed by atoms with Crippen molar-refractivity contribution in [3.63, 3.8) is 0 Å². The molecule has 0 aromatic heterocycles. The van der Waals surface area contributed by atoms with Crippen LogP contribution in [0, 0.1) is 0 Å². The molecule has 0 bridgehead atoms. The molecule has 1 aliphatic rings. The average molecular weight is 185 g/mol. The molecular formula is C10H19NO2. The van der Waals surface area contributed by atoms with Gasteiger partial charge in [0.2, 0.25) is 5.91 Å². The lowest BCUT2D eigenvalue weighted by molar-refractivity contribution is -0.129. The highest BCUT2D eigenvalue weighted by atomic mass is 16.5. The van der Waals surface area contributed by atoms with E-state index in [1.807, 2.05) is 6.92 Å². The van der Waals surface area contributed by atoms with Gasteiger partial charge in [-0.05, 0) is 19.8 Å². The summed E-state index contributed by atoms with van der Waals surface area (Å²) < 4.78 is 5.68. The Kier molecular flexibility index (Phi) is 3.72. The lowest BCUT2D eigenvalue weighted by Gasteiger charge is -2.36. The zero-order valence-corrected chi connectivity index (χ0v) is 8.34. The maximum absolute atomic E-state index is 10.9. The molecule has 76 valence electrons. The van der Waals surface area contributed by atoms with Crippen molar-refractivity contribution in [3.8, 4) is 0 Å². The van der Waals surface area contributed by atoms with Crippen LogP contribution in [0.4, 0.5) is 0 Å². The zero-order chi connectivity index (χ0) is 9.73. The van der Waals surface area contributed by atoms with Gasteiger partial charge in [0.1, 0.15) is 0 Å². The summed E-state index contributed by atoms with van der Waals surface area (Å²) in [5, 5.41) is 0. The maximum atomic E-state index is 10.9. The first-order valence-corrected chi connectivity index (χ1v) is 5.11. The van der Waals surface area contributed by atoms with Crippen LogP contribution in [0.1, 0.15) is 45.4 Å². The number of amides is 1. The van der Waals surface area contributed by atoms with Gasteiger partial charge in [0.25, 0.3) is 0 Å². The highest BCUT2D eigenvalue weighted by Crippen LogP contribution is 2.34. The Balaban J connectivity index is 2.55. The lowest BCUT2D eigenvalue weighted by atomic mass is 9.82. The number of hydrogen-bond acceptors (Lipinski definition) is 2. The summed E-state index contributed by atoms with van der Waals surface area (Å²) in [5.41, 5.74) is 5.00. The molecule has 1 aliphatic carbocycles. The van der Waals surface area contributed by atoms with Crippen molar-refractivity contribution in [3.05, 3.63) is 0 Å². The fourth-order valence-corrected chi connectivity index (χ4v) is 2.19. The number of ether oxygens (including phenoxy) is 1. The number of primary amides is 1. The number of nitrogens with two attached hydrogens (primary N) is 1. The van der Waals surface area contributed by atoms with Crippen molar-refractivity contribution < 1.29 is 9.53 Å². The van der Waals surface area contributed by atoms with Crippen molar-refractivity contribution in [2.24, 2.45) is 5.73 Å². The molecule has 0 spiro atoms. The van der Waals surface area contributed by atoms with Crippen LogP contribution in [0.2, 0.25) is 0 Å². The highest BCUT2D eigenvalue weighted by Gasteiger charge is 2.33. The van der Waals surface area contributed by atoms with Gasteiger partial charge in [-0.2, -0.15) is 0 Å². The third kappa shape index (κ3) is 2.99. The first kappa shape index (κ1) is 10.5. The molecule has 1 saturated carbocycles. The average Bonchev–Trinajstić information content (AvgIpc) is 2.04. The predicted molar refractivity (Wildman–Crippen MR) is 51.3 cm³/mol. The molecule has 3 heteroatoms. The lowest BCUT2D eigenvalue weighted by Crippen LogP contribution is -2.39. The molecule has 1 amide bonds. The Labute approximate surface area is 79.6 Å². The van der Waals surface area contributed by atoms with E-state index < -0.39 is 0 Å². The van der Waals surface area contributed by atoms with Gasteiger partial charge in [-0.3, -0.25) is 4.79 Å². The summed E-state index contributed by atoms with van der Waals surface area (Å²) in [5.74, 6) is -0.240. The van der Waals surface area contributed by atoms with Crippen molar-refractivity contribution in [2.75, 3.05) is 6.61 Å². The smallest absolute Gasteiger partial charge is 0.220 e. The summed E-state index contributed by atoms with van der Waals surface area (Å²) >= 11 is 0. The van der Waals surface area contributed by atoms with E-state index in [0.717, 1.165) is 25.7 Å². The van der Waals surface area contributed by atoms with E-state index in [0.29, 0.717) is 13.0 Å². The molecule has 3 nitrogen and oxygen atoms in total. The molecule has 0 heterocycles. The van der Waals surface area contributed by atoms with Crippen LogP contribution in [0.3, 0.4) is 0 Å². The molecule has 0 aliphatic heterocycles. The maximum Gasteiger partial charge on any atom is 0.220 e. The molecule has 2 N–H and O–H groups in total. The van der Waals surface area contributed by atoms with Crippen molar-refractivity contribution in [1.29, 1.82) is 0 Å². The first-order valence-electron chi connectivity index (χ1n) is 5.11. The molecule has 0 unspecified atom stereocenters. The van der Waals surface area contributed by atoms with E-state index >= 15 is 0 Å². The standard InChI is InChI=1S/C10H19NO2/c1-2-13-10(8-9(11)12)6-4-3-5-7-10/h2-8H2,1H3,(H2,11,12). The van der Waals surface area contributed by atoms with E-state index in [9.17, 15) is 4.79 Å².